The van der Waals surface area contributed by atoms with Gasteiger partial charge >= 0.3 is 0 Å². The van der Waals surface area contributed by atoms with Crippen molar-refractivity contribution in [3.8, 4) is 0 Å². The highest BCUT2D eigenvalue weighted by atomic mass is 35.5. The number of hydrogen-bond donors (Lipinski definition) is 0. The van der Waals surface area contributed by atoms with Crippen molar-refractivity contribution in [2.24, 2.45) is 0 Å². The van der Waals surface area contributed by atoms with E-state index in [0.29, 0.717) is 0 Å². The molecule has 2 aromatic rings. The molecule has 0 saturated carbocycles. The molecule has 0 amide bonds. The Morgan fingerprint density at radius 3 is 2.55 bits per heavy atom. The van der Waals surface area contributed by atoms with Crippen LogP contribution in [0.4, 0.5) is 0 Å². The zero-order valence-electron chi connectivity index (χ0n) is 12.8. The van der Waals surface area contributed by atoms with Gasteiger partial charge in [0.15, 0.2) is 0 Å². The summed E-state index contributed by atoms with van der Waals surface area (Å²) in [7, 11) is 0. The molecule has 3 heteroatoms. The number of halogens is 1. The van der Waals surface area contributed by atoms with E-state index < -0.39 is 0 Å². The molecule has 0 fully saturated rings. The topological polar surface area (TPSA) is 17.8 Å². The average Bonchev–Trinajstić information content (AvgIpc) is 2.76. The van der Waals surface area contributed by atoms with Gasteiger partial charge in [-0.25, -0.2) is 0 Å². The van der Waals surface area contributed by atoms with E-state index in [4.69, 9.17) is 16.7 Å². The first-order valence-electron chi connectivity index (χ1n) is 7.34. The Hall–Kier alpha value is -1.28. The second-order valence-electron chi connectivity index (χ2n) is 5.28. The van der Waals surface area contributed by atoms with Crippen LogP contribution in [0, 0.1) is 6.92 Å². The van der Waals surface area contributed by atoms with Crippen LogP contribution in [0.5, 0.6) is 0 Å². The predicted molar refractivity (Wildman–Crippen MR) is 85.5 cm³/mol. The van der Waals surface area contributed by atoms with E-state index in [1.807, 2.05) is 6.92 Å². The van der Waals surface area contributed by atoms with Gasteiger partial charge in [0.25, 0.3) is 0 Å². The minimum Gasteiger partial charge on any atom is -0.265 e. The van der Waals surface area contributed by atoms with Crippen molar-refractivity contribution in [3.05, 3.63) is 52.3 Å². The number of rotatable bonds is 5. The first-order chi connectivity index (χ1) is 9.56. The summed E-state index contributed by atoms with van der Waals surface area (Å²) < 4.78 is 2.13. The number of nitrogens with zero attached hydrogens (tertiary/aromatic N) is 2. The second kappa shape index (κ2) is 6.45. The molecule has 0 aliphatic heterocycles. The van der Waals surface area contributed by atoms with Crippen molar-refractivity contribution in [1.82, 2.24) is 9.78 Å². The predicted octanol–water partition coefficient (Wildman–Crippen LogP) is 4.66. The maximum Gasteiger partial charge on any atom is 0.0671 e. The van der Waals surface area contributed by atoms with Crippen LogP contribution in [-0.4, -0.2) is 9.78 Å². The van der Waals surface area contributed by atoms with Gasteiger partial charge in [-0.1, -0.05) is 43.7 Å². The number of aromatic nitrogens is 2. The van der Waals surface area contributed by atoms with Gasteiger partial charge in [-0.05, 0) is 32.3 Å². The van der Waals surface area contributed by atoms with Gasteiger partial charge in [0.1, 0.15) is 0 Å². The molecule has 108 valence electrons. The molecule has 0 bridgehead atoms. The summed E-state index contributed by atoms with van der Waals surface area (Å²) in [5, 5.41) is 4.80. The molecule has 0 spiro atoms. The van der Waals surface area contributed by atoms with Crippen LogP contribution < -0.4 is 0 Å². The van der Waals surface area contributed by atoms with Crippen LogP contribution in [0.3, 0.4) is 0 Å². The molecular formula is C17H23ClN2. The molecule has 2 rings (SSSR count). The lowest BCUT2D eigenvalue weighted by molar-refractivity contribution is 0.639. The summed E-state index contributed by atoms with van der Waals surface area (Å²) in [6.45, 7) is 9.29. The van der Waals surface area contributed by atoms with Gasteiger partial charge < -0.3 is 0 Å². The number of hydrogen-bond acceptors (Lipinski definition) is 1. The molecule has 0 N–H and O–H groups in total. The fourth-order valence-electron chi connectivity index (χ4n) is 2.77. The summed E-state index contributed by atoms with van der Waals surface area (Å²) in [5.74, 6) is 0. The number of alkyl halides is 1. The Bertz CT molecular complexity index is 585. The Labute approximate surface area is 126 Å². The zero-order valence-corrected chi connectivity index (χ0v) is 13.5. The molecule has 20 heavy (non-hydrogen) atoms. The van der Waals surface area contributed by atoms with Crippen molar-refractivity contribution < 1.29 is 0 Å². The molecule has 1 atom stereocenters. The highest BCUT2D eigenvalue weighted by molar-refractivity contribution is 6.20. The largest absolute Gasteiger partial charge is 0.265 e. The van der Waals surface area contributed by atoms with Gasteiger partial charge in [-0.2, -0.15) is 5.10 Å². The van der Waals surface area contributed by atoms with E-state index in [9.17, 15) is 0 Å². The highest BCUT2D eigenvalue weighted by Gasteiger charge is 2.19. The van der Waals surface area contributed by atoms with Crippen LogP contribution in [0.15, 0.2) is 24.3 Å². The van der Waals surface area contributed by atoms with E-state index in [2.05, 4.69) is 49.7 Å². The maximum absolute atomic E-state index is 6.36. The number of benzene rings is 1. The van der Waals surface area contributed by atoms with Gasteiger partial charge in [-0.15, -0.1) is 11.6 Å². The van der Waals surface area contributed by atoms with Crippen LogP contribution in [0.2, 0.25) is 0 Å². The molecule has 1 unspecified atom stereocenters. The number of aryl methyl sites for hydroxylation is 2. The van der Waals surface area contributed by atoms with E-state index >= 15 is 0 Å². The molecular weight excluding hydrogens is 268 g/mol. The normalized spacial score (nSPS) is 12.7. The molecule has 1 heterocycles. The summed E-state index contributed by atoms with van der Waals surface area (Å²) in [5.41, 5.74) is 6.21. The first-order valence-corrected chi connectivity index (χ1v) is 7.78. The minimum atomic E-state index is 0.0196. The average molecular weight is 291 g/mol. The molecule has 0 radical (unpaired) electrons. The van der Waals surface area contributed by atoms with E-state index in [1.165, 1.54) is 22.4 Å². The molecule has 0 aliphatic carbocycles. The third-order valence-electron chi connectivity index (χ3n) is 3.66. The first kappa shape index (κ1) is 15.1. The van der Waals surface area contributed by atoms with Crippen molar-refractivity contribution in [3.63, 3.8) is 0 Å². The minimum absolute atomic E-state index is 0.0196. The standard InChI is InChI=1S/C17H23ClN2/c1-5-15-17(13(4)18)16(6-2)20(19-15)11-14-9-7-8-12(3)10-14/h7-10,13H,5-6,11H2,1-4H3. The van der Waals surface area contributed by atoms with E-state index in [-0.39, 0.29) is 5.38 Å². The van der Waals surface area contributed by atoms with E-state index in [0.717, 1.165) is 25.1 Å². The molecule has 0 saturated heterocycles. The Balaban J connectivity index is 2.41. The van der Waals surface area contributed by atoms with Crippen LogP contribution in [0.25, 0.3) is 0 Å². The SMILES string of the molecule is CCc1nn(Cc2cccc(C)c2)c(CC)c1C(C)Cl. The van der Waals surface area contributed by atoms with Crippen molar-refractivity contribution in [2.75, 3.05) is 0 Å². The van der Waals surface area contributed by atoms with Gasteiger partial charge in [0, 0.05) is 11.3 Å². The van der Waals surface area contributed by atoms with Crippen molar-refractivity contribution >= 4 is 11.6 Å². The lowest BCUT2D eigenvalue weighted by atomic mass is 10.1. The quantitative estimate of drug-likeness (QED) is 0.732. The fourth-order valence-corrected chi connectivity index (χ4v) is 3.02. The summed E-state index contributed by atoms with van der Waals surface area (Å²) in [6, 6.07) is 8.60. The smallest absolute Gasteiger partial charge is 0.0671 e. The highest BCUT2D eigenvalue weighted by Crippen LogP contribution is 2.28. The Morgan fingerprint density at radius 2 is 2.00 bits per heavy atom. The van der Waals surface area contributed by atoms with Crippen LogP contribution in [0.1, 0.15) is 54.2 Å². The lowest BCUT2D eigenvalue weighted by Crippen LogP contribution is -2.07. The third kappa shape index (κ3) is 3.06. The summed E-state index contributed by atoms with van der Waals surface area (Å²) >= 11 is 6.36. The third-order valence-corrected chi connectivity index (χ3v) is 3.88. The monoisotopic (exact) mass is 290 g/mol. The van der Waals surface area contributed by atoms with Crippen LogP contribution >= 0.6 is 11.6 Å². The van der Waals surface area contributed by atoms with Gasteiger partial charge in [0.2, 0.25) is 0 Å². The molecule has 2 nitrogen and oxygen atoms in total. The molecule has 1 aromatic carbocycles. The Kier molecular flexibility index (Phi) is 4.87. The van der Waals surface area contributed by atoms with Crippen LogP contribution in [-0.2, 0) is 19.4 Å². The zero-order chi connectivity index (χ0) is 14.7. The van der Waals surface area contributed by atoms with Gasteiger partial charge in [-0.3, -0.25) is 4.68 Å². The van der Waals surface area contributed by atoms with E-state index in [1.54, 1.807) is 0 Å². The maximum atomic E-state index is 6.36. The van der Waals surface area contributed by atoms with Crippen molar-refractivity contribution in [2.45, 2.75) is 52.5 Å². The fraction of sp³-hybridized carbons (Fsp3) is 0.471. The molecule has 1 aromatic heterocycles. The summed E-state index contributed by atoms with van der Waals surface area (Å²) in [6.07, 6.45) is 1.89. The second-order valence-corrected chi connectivity index (χ2v) is 5.93. The molecule has 0 aliphatic rings. The lowest BCUT2D eigenvalue weighted by Gasteiger charge is -2.10. The Morgan fingerprint density at radius 1 is 1.25 bits per heavy atom. The summed E-state index contributed by atoms with van der Waals surface area (Å²) in [4.78, 5) is 0. The van der Waals surface area contributed by atoms with Gasteiger partial charge in [0.05, 0.1) is 17.6 Å². The van der Waals surface area contributed by atoms with Crippen molar-refractivity contribution in [1.29, 1.82) is 0 Å².